The smallest absolute Gasteiger partial charge is 0.0934 e. The third-order valence-corrected chi connectivity index (χ3v) is 6.68. The molecule has 0 aliphatic heterocycles. The van der Waals surface area contributed by atoms with Gasteiger partial charge in [0.1, 0.15) is 0 Å². The van der Waals surface area contributed by atoms with Crippen LogP contribution in [0.25, 0.3) is 0 Å². The van der Waals surface area contributed by atoms with Gasteiger partial charge in [-0.2, -0.15) is 0 Å². The molecule has 1 unspecified atom stereocenters. The fraction of sp³-hybridized carbons (Fsp3) is 0.879. The Morgan fingerprint density at radius 2 is 0.944 bits per heavy atom. The Labute approximate surface area is 227 Å². The molecule has 214 valence electrons. The van der Waals surface area contributed by atoms with E-state index in [2.05, 4.69) is 57.1 Å². The van der Waals surface area contributed by atoms with E-state index in [4.69, 9.17) is 9.47 Å². The molecule has 1 atom stereocenters. The Kier molecular flexibility index (Phi) is 30.0. The minimum atomic E-state index is 0.199. The lowest BCUT2D eigenvalue weighted by atomic mass is 10.1. The second-order valence-electron chi connectivity index (χ2n) is 10.9. The van der Waals surface area contributed by atoms with Crippen LogP contribution in [0.15, 0.2) is 24.3 Å². The SMILES string of the molecule is CCCCC=CCCCCCCCCOCC(CN(C)C)OCCCCCCCCC=CCCCC. The Balaban J connectivity index is 3.56. The Hall–Kier alpha value is -0.640. The Morgan fingerprint density at radius 3 is 1.42 bits per heavy atom. The predicted molar refractivity (Wildman–Crippen MR) is 161 cm³/mol. The lowest BCUT2D eigenvalue weighted by Crippen LogP contribution is -2.32. The number of rotatable bonds is 29. The molecule has 0 saturated heterocycles. The molecular formula is C33H65NO2. The van der Waals surface area contributed by atoms with Gasteiger partial charge < -0.3 is 14.4 Å². The maximum atomic E-state index is 6.18. The number of likely N-dealkylation sites (N-methyl/N-ethyl adjacent to an activating group) is 1. The second-order valence-corrected chi connectivity index (χ2v) is 10.9. The zero-order valence-corrected chi connectivity index (χ0v) is 25.1. The normalized spacial score (nSPS) is 13.0. The second kappa shape index (κ2) is 30.6. The van der Waals surface area contributed by atoms with E-state index in [1.54, 1.807) is 0 Å². The molecule has 0 aromatic carbocycles. The first-order chi connectivity index (χ1) is 17.7. The first-order valence-corrected chi connectivity index (χ1v) is 15.8. The van der Waals surface area contributed by atoms with E-state index in [0.717, 1.165) is 26.4 Å². The van der Waals surface area contributed by atoms with E-state index in [-0.39, 0.29) is 6.10 Å². The van der Waals surface area contributed by atoms with Gasteiger partial charge in [0.15, 0.2) is 0 Å². The third-order valence-electron chi connectivity index (χ3n) is 6.68. The highest BCUT2D eigenvalue weighted by atomic mass is 16.5. The van der Waals surface area contributed by atoms with Gasteiger partial charge >= 0.3 is 0 Å². The molecule has 0 spiro atoms. The van der Waals surface area contributed by atoms with E-state index < -0.39 is 0 Å². The number of allylic oxidation sites excluding steroid dienone is 4. The lowest BCUT2D eigenvalue weighted by Gasteiger charge is -2.21. The zero-order valence-electron chi connectivity index (χ0n) is 25.1. The number of unbranched alkanes of at least 4 members (excludes halogenated alkanes) is 16. The lowest BCUT2D eigenvalue weighted by molar-refractivity contribution is -0.0287. The number of hydrogen-bond acceptors (Lipinski definition) is 3. The van der Waals surface area contributed by atoms with Crippen LogP contribution in [-0.2, 0) is 9.47 Å². The van der Waals surface area contributed by atoms with Gasteiger partial charge in [0.25, 0.3) is 0 Å². The molecule has 0 aliphatic carbocycles. The van der Waals surface area contributed by atoms with Crippen molar-refractivity contribution in [2.24, 2.45) is 0 Å². The highest BCUT2D eigenvalue weighted by molar-refractivity contribution is 4.81. The summed E-state index contributed by atoms with van der Waals surface area (Å²) in [7, 11) is 4.24. The van der Waals surface area contributed by atoms with Crippen molar-refractivity contribution in [1.29, 1.82) is 0 Å². The van der Waals surface area contributed by atoms with Crippen molar-refractivity contribution in [3.05, 3.63) is 24.3 Å². The molecule has 0 rings (SSSR count). The quantitative estimate of drug-likeness (QED) is 0.0742. The predicted octanol–water partition coefficient (Wildman–Crippen LogP) is 9.90. The molecule has 3 heteroatoms. The standard InChI is InChI=1S/C33H65NO2/c1-5-7-9-11-13-15-17-19-21-23-25-27-29-35-32-33(31-34(3)4)36-30-28-26-24-22-20-18-16-14-12-10-8-6-2/h11-14,33H,5-10,15-32H2,1-4H3. The average Bonchev–Trinajstić information content (AvgIpc) is 2.86. The highest BCUT2D eigenvalue weighted by Crippen LogP contribution is 2.10. The molecule has 0 N–H and O–H groups in total. The molecule has 0 fully saturated rings. The highest BCUT2D eigenvalue weighted by Gasteiger charge is 2.10. The molecule has 0 aromatic rings. The fourth-order valence-corrected chi connectivity index (χ4v) is 4.39. The van der Waals surface area contributed by atoms with Crippen molar-refractivity contribution in [1.82, 2.24) is 4.90 Å². The van der Waals surface area contributed by atoms with Gasteiger partial charge in [0, 0.05) is 19.8 Å². The molecule has 0 saturated carbocycles. The summed E-state index contributed by atoms with van der Waals surface area (Å²) in [5.41, 5.74) is 0. The molecule has 0 amide bonds. The molecule has 0 aliphatic rings. The summed E-state index contributed by atoms with van der Waals surface area (Å²) in [4.78, 5) is 2.21. The zero-order chi connectivity index (χ0) is 26.4. The summed E-state index contributed by atoms with van der Waals surface area (Å²) in [5, 5.41) is 0. The van der Waals surface area contributed by atoms with E-state index in [1.807, 2.05) is 0 Å². The van der Waals surface area contributed by atoms with Crippen LogP contribution in [0, 0.1) is 0 Å². The topological polar surface area (TPSA) is 21.7 Å². The summed E-state index contributed by atoms with van der Waals surface area (Å²) in [5.74, 6) is 0. The van der Waals surface area contributed by atoms with E-state index in [9.17, 15) is 0 Å². The van der Waals surface area contributed by atoms with Crippen LogP contribution in [0.2, 0.25) is 0 Å². The van der Waals surface area contributed by atoms with Gasteiger partial charge in [-0.1, -0.05) is 115 Å². The van der Waals surface area contributed by atoms with Crippen LogP contribution >= 0.6 is 0 Å². The largest absolute Gasteiger partial charge is 0.379 e. The van der Waals surface area contributed by atoms with Crippen LogP contribution in [0.5, 0.6) is 0 Å². The van der Waals surface area contributed by atoms with Crippen molar-refractivity contribution in [2.45, 2.75) is 148 Å². The van der Waals surface area contributed by atoms with Crippen LogP contribution in [-0.4, -0.2) is 51.5 Å². The Morgan fingerprint density at radius 1 is 0.528 bits per heavy atom. The molecule has 3 nitrogen and oxygen atoms in total. The number of nitrogens with zero attached hydrogens (tertiary/aromatic N) is 1. The molecule has 0 aromatic heterocycles. The van der Waals surface area contributed by atoms with Crippen LogP contribution in [0.3, 0.4) is 0 Å². The number of ether oxygens (including phenoxy) is 2. The monoisotopic (exact) mass is 508 g/mol. The third kappa shape index (κ3) is 29.6. The first-order valence-electron chi connectivity index (χ1n) is 15.8. The van der Waals surface area contributed by atoms with E-state index in [0.29, 0.717) is 0 Å². The van der Waals surface area contributed by atoms with Crippen LogP contribution in [0.4, 0.5) is 0 Å². The van der Waals surface area contributed by atoms with Gasteiger partial charge in [0.05, 0.1) is 12.7 Å². The van der Waals surface area contributed by atoms with E-state index >= 15 is 0 Å². The van der Waals surface area contributed by atoms with Gasteiger partial charge in [-0.25, -0.2) is 0 Å². The summed E-state index contributed by atoms with van der Waals surface area (Å²) in [6, 6.07) is 0. The van der Waals surface area contributed by atoms with E-state index in [1.165, 1.54) is 128 Å². The van der Waals surface area contributed by atoms with Crippen LogP contribution in [0.1, 0.15) is 142 Å². The minimum absolute atomic E-state index is 0.199. The molecule has 0 radical (unpaired) electrons. The van der Waals surface area contributed by atoms with Gasteiger partial charge in [-0.05, 0) is 65.5 Å². The maximum Gasteiger partial charge on any atom is 0.0934 e. The minimum Gasteiger partial charge on any atom is -0.379 e. The summed E-state index contributed by atoms with van der Waals surface area (Å²) in [6.45, 7) is 7.94. The van der Waals surface area contributed by atoms with Gasteiger partial charge in [-0.15, -0.1) is 0 Å². The summed E-state index contributed by atoms with van der Waals surface area (Å²) >= 11 is 0. The Bertz CT molecular complexity index is 461. The van der Waals surface area contributed by atoms with Crippen molar-refractivity contribution < 1.29 is 9.47 Å². The molecule has 0 bridgehead atoms. The van der Waals surface area contributed by atoms with Crippen molar-refractivity contribution in [3.8, 4) is 0 Å². The van der Waals surface area contributed by atoms with Crippen molar-refractivity contribution in [2.75, 3.05) is 40.5 Å². The number of hydrogen-bond donors (Lipinski definition) is 0. The molecule has 0 heterocycles. The van der Waals surface area contributed by atoms with Gasteiger partial charge in [-0.3, -0.25) is 0 Å². The molecule has 36 heavy (non-hydrogen) atoms. The van der Waals surface area contributed by atoms with Crippen molar-refractivity contribution in [3.63, 3.8) is 0 Å². The summed E-state index contributed by atoms with van der Waals surface area (Å²) in [6.07, 6.45) is 35.8. The van der Waals surface area contributed by atoms with Crippen molar-refractivity contribution >= 4 is 0 Å². The summed E-state index contributed by atoms with van der Waals surface area (Å²) < 4.78 is 12.2. The van der Waals surface area contributed by atoms with Crippen LogP contribution < -0.4 is 0 Å². The first kappa shape index (κ1) is 35.4. The maximum absolute atomic E-state index is 6.18. The average molecular weight is 508 g/mol. The molecular weight excluding hydrogens is 442 g/mol. The van der Waals surface area contributed by atoms with Gasteiger partial charge in [0.2, 0.25) is 0 Å². The fourth-order valence-electron chi connectivity index (χ4n) is 4.39.